The molecule has 0 unspecified atom stereocenters. The van der Waals surface area contributed by atoms with Crippen molar-refractivity contribution in [3.05, 3.63) is 88.6 Å². The molecule has 0 aliphatic carbocycles. The Labute approximate surface area is 177 Å². The Morgan fingerprint density at radius 1 is 0.968 bits per heavy atom. The SMILES string of the molecule is Cc1ccc2c(=O)c(OC(=O)[C@H]3COc4ccccc4O3)c(-c3ccccc3)oc2c1. The average molecular weight is 414 g/mol. The molecule has 154 valence electrons. The van der Waals surface area contributed by atoms with Crippen LogP contribution in [0.1, 0.15) is 5.56 Å². The summed E-state index contributed by atoms with van der Waals surface area (Å²) in [4.78, 5) is 26.1. The largest absolute Gasteiger partial charge is 0.485 e. The molecule has 0 amide bonds. The van der Waals surface area contributed by atoms with Crippen LogP contribution in [0.3, 0.4) is 0 Å². The first kappa shape index (κ1) is 18.9. The standard InChI is InChI=1S/C25H18O6/c1-15-11-12-17-20(13-15)30-23(16-7-3-2-4-8-16)24(22(17)26)31-25(27)21-14-28-18-9-5-6-10-19(18)29-21/h2-13,21H,14H2,1H3/t21-/m1/s1. The zero-order chi connectivity index (χ0) is 21.4. The molecule has 2 heterocycles. The van der Waals surface area contributed by atoms with Crippen molar-refractivity contribution in [2.45, 2.75) is 13.0 Å². The lowest BCUT2D eigenvalue weighted by Crippen LogP contribution is -2.40. The smallest absolute Gasteiger partial charge is 0.356 e. The van der Waals surface area contributed by atoms with E-state index in [0.29, 0.717) is 28.0 Å². The molecule has 0 N–H and O–H groups in total. The predicted octanol–water partition coefficient (Wildman–Crippen LogP) is 4.51. The number of esters is 1. The molecule has 5 rings (SSSR count). The van der Waals surface area contributed by atoms with E-state index in [4.69, 9.17) is 18.6 Å². The van der Waals surface area contributed by atoms with Crippen molar-refractivity contribution in [2.75, 3.05) is 6.61 Å². The third kappa shape index (κ3) is 3.53. The van der Waals surface area contributed by atoms with Crippen molar-refractivity contribution in [3.8, 4) is 28.6 Å². The van der Waals surface area contributed by atoms with Crippen molar-refractivity contribution in [1.29, 1.82) is 0 Å². The number of rotatable bonds is 3. The highest BCUT2D eigenvalue weighted by molar-refractivity contribution is 5.86. The molecule has 0 spiro atoms. The van der Waals surface area contributed by atoms with Crippen molar-refractivity contribution in [1.82, 2.24) is 0 Å². The van der Waals surface area contributed by atoms with Crippen LogP contribution in [0.2, 0.25) is 0 Å². The molecular formula is C25H18O6. The number of carbonyl (C=O) groups is 1. The number of fused-ring (bicyclic) bond motifs is 2. The summed E-state index contributed by atoms with van der Waals surface area (Å²) in [6, 6.07) is 21.4. The van der Waals surface area contributed by atoms with E-state index in [1.54, 1.807) is 42.5 Å². The van der Waals surface area contributed by atoms with Crippen molar-refractivity contribution in [3.63, 3.8) is 0 Å². The Morgan fingerprint density at radius 3 is 2.52 bits per heavy atom. The Hall–Kier alpha value is -4.06. The van der Waals surface area contributed by atoms with Crippen molar-refractivity contribution < 1.29 is 23.4 Å². The molecule has 6 nitrogen and oxygen atoms in total. The fraction of sp³-hybridized carbons (Fsp3) is 0.120. The molecule has 0 saturated carbocycles. The van der Waals surface area contributed by atoms with Gasteiger partial charge in [0.2, 0.25) is 17.3 Å². The number of benzene rings is 3. The molecule has 3 aromatic carbocycles. The summed E-state index contributed by atoms with van der Waals surface area (Å²) >= 11 is 0. The number of hydrogen-bond donors (Lipinski definition) is 0. The van der Waals surface area contributed by atoms with E-state index in [-0.39, 0.29) is 18.1 Å². The van der Waals surface area contributed by atoms with Crippen LogP contribution in [-0.4, -0.2) is 18.7 Å². The monoisotopic (exact) mass is 414 g/mol. The van der Waals surface area contributed by atoms with Gasteiger partial charge in [0.25, 0.3) is 0 Å². The normalized spacial score (nSPS) is 14.9. The summed E-state index contributed by atoms with van der Waals surface area (Å²) in [5.41, 5.74) is 1.57. The number of hydrogen-bond acceptors (Lipinski definition) is 6. The second-order valence-electron chi connectivity index (χ2n) is 7.24. The maximum absolute atomic E-state index is 13.2. The molecule has 0 radical (unpaired) electrons. The van der Waals surface area contributed by atoms with Gasteiger partial charge in [-0.25, -0.2) is 4.79 Å². The second-order valence-corrected chi connectivity index (χ2v) is 7.24. The van der Waals surface area contributed by atoms with Gasteiger partial charge in [-0.2, -0.15) is 0 Å². The zero-order valence-corrected chi connectivity index (χ0v) is 16.7. The third-order valence-electron chi connectivity index (χ3n) is 5.02. The van der Waals surface area contributed by atoms with Gasteiger partial charge < -0.3 is 18.6 Å². The van der Waals surface area contributed by atoms with E-state index < -0.39 is 17.5 Å². The Balaban J connectivity index is 1.56. The Kier molecular flexibility index (Phi) is 4.67. The van der Waals surface area contributed by atoms with Gasteiger partial charge in [-0.3, -0.25) is 4.79 Å². The average Bonchev–Trinajstić information content (AvgIpc) is 2.80. The summed E-state index contributed by atoms with van der Waals surface area (Å²) in [5, 5.41) is 0.333. The van der Waals surface area contributed by atoms with Gasteiger partial charge in [0.15, 0.2) is 17.3 Å². The number of para-hydroxylation sites is 2. The summed E-state index contributed by atoms with van der Waals surface area (Å²) in [7, 11) is 0. The van der Waals surface area contributed by atoms with E-state index in [1.165, 1.54) is 0 Å². The van der Waals surface area contributed by atoms with Crippen molar-refractivity contribution >= 4 is 16.9 Å². The molecule has 6 heteroatoms. The molecule has 1 aliphatic rings. The first-order valence-corrected chi connectivity index (χ1v) is 9.83. The second kappa shape index (κ2) is 7.65. The van der Waals surface area contributed by atoms with Gasteiger partial charge in [-0.15, -0.1) is 0 Å². The Bertz CT molecular complexity index is 1340. The topological polar surface area (TPSA) is 75.0 Å². The van der Waals surface area contributed by atoms with Gasteiger partial charge in [0.1, 0.15) is 12.2 Å². The summed E-state index contributed by atoms with van der Waals surface area (Å²) in [5.74, 6) is 0.284. The molecular weight excluding hydrogens is 396 g/mol. The minimum atomic E-state index is -1.01. The maximum Gasteiger partial charge on any atom is 0.356 e. The van der Waals surface area contributed by atoms with Crippen LogP contribution >= 0.6 is 0 Å². The van der Waals surface area contributed by atoms with Crippen LogP contribution in [-0.2, 0) is 4.79 Å². The predicted molar refractivity (Wildman–Crippen MR) is 115 cm³/mol. The number of ether oxygens (including phenoxy) is 3. The molecule has 0 bridgehead atoms. The minimum absolute atomic E-state index is 0.0192. The fourth-order valence-corrected chi connectivity index (χ4v) is 3.46. The van der Waals surface area contributed by atoms with Gasteiger partial charge in [0, 0.05) is 5.56 Å². The van der Waals surface area contributed by atoms with E-state index in [2.05, 4.69) is 0 Å². The van der Waals surface area contributed by atoms with E-state index in [9.17, 15) is 9.59 Å². The molecule has 0 fully saturated rings. The highest BCUT2D eigenvalue weighted by Crippen LogP contribution is 2.33. The molecule has 1 atom stereocenters. The van der Waals surface area contributed by atoms with Crippen LogP contribution in [0.4, 0.5) is 0 Å². The number of aryl methyl sites for hydroxylation is 1. The maximum atomic E-state index is 13.2. The highest BCUT2D eigenvalue weighted by Gasteiger charge is 2.31. The van der Waals surface area contributed by atoms with Gasteiger partial charge >= 0.3 is 5.97 Å². The molecule has 4 aromatic rings. The van der Waals surface area contributed by atoms with Crippen LogP contribution in [0.5, 0.6) is 17.2 Å². The van der Waals surface area contributed by atoms with Crippen LogP contribution in [0.15, 0.2) is 82.0 Å². The lowest BCUT2D eigenvalue weighted by atomic mass is 10.1. The van der Waals surface area contributed by atoms with Crippen LogP contribution in [0, 0.1) is 6.92 Å². The van der Waals surface area contributed by atoms with Crippen LogP contribution in [0.25, 0.3) is 22.3 Å². The molecule has 0 saturated heterocycles. The first-order chi connectivity index (χ1) is 15.1. The number of carbonyl (C=O) groups excluding carboxylic acids is 1. The lowest BCUT2D eigenvalue weighted by Gasteiger charge is -2.25. The highest BCUT2D eigenvalue weighted by atomic mass is 16.6. The summed E-state index contributed by atoms with van der Waals surface area (Å²) in [6.07, 6.45) is -1.01. The van der Waals surface area contributed by atoms with Crippen LogP contribution < -0.4 is 19.6 Å². The van der Waals surface area contributed by atoms with Gasteiger partial charge in [-0.05, 0) is 36.8 Å². The molecule has 31 heavy (non-hydrogen) atoms. The molecule has 1 aliphatic heterocycles. The minimum Gasteiger partial charge on any atom is -0.485 e. The third-order valence-corrected chi connectivity index (χ3v) is 5.02. The zero-order valence-electron chi connectivity index (χ0n) is 16.7. The molecule has 1 aromatic heterocycles. The summed E-state index contributed by atoms with van der Waals surface area (Å²) in [6.45, 7) is 1.89. The summed E-state index contributed by atoms with van der Waals surface area (Å²) < 4.78 is 22.9. The van der Waals surface area contributed by atoms with E-state index in [0.717, 1.165) is 5.56 Å². The van der Waals surface area contributed by atoms with E-state index >= 15 is 0 Å². The lowest BCUT2D eigenvalue weighted by molar-refractivity contribution is -0.144. The first-order valence-electron chi connectivity index (χ1n) is 9.83. The Morgan fingerprint density at radius 2 is 1.71 bits per heavy atom. The van der Waals surface area contributed by atoms with Gasteiger partial charge in [-0.1, -0.05) is 48.5 Å². The quantitative estimate of drug-likeness (QED) is 0.459. The fourth-order valence-electron chi connectivity index (χ4n) is 3.46. The van der Waals surface area contributed by atoms with Crippen molar-refractivity contribution in [2.24, 2.45) is 0 Å². The van der Waals surface area contributed by atoms with E-state index in [1.807, 2.05) is 37.3 Å². The van der Waals surface area contributed by atoms with Gasteiger partial charge in [0.05, 0.1) is 5.39 Å².